The topological polar surface area (TPSA) is 199 Å². The summed E-state index contributed by atoms with van der Waals surface area (Å²) in [6, 6.07) is 20.9. The van der Waals surface area contributed by atoms with Crippen LogP contribution in [0.5, 0.6) is 0 Å². The molecule has 0 unspecified atom stereocenters. The standard InChI is InChI=1S/C27H35BN2O5.C21H25BN4O3.C2H6O/c1-17-12-18(2)14-20(13-17)24(33)30(25(3,4)5)29-23(32)19-10-11-22(21(15-19)16-31)28-34-26(6,7)27(8,9)35-28;1-13-8-14(2)10-16(9-13)20(28)26(21(3,4)5)24-19(27)15-6-7-18-17(11-15)12-23-25-22(18)29;1-2-3/h10-16H,1-9H3,(H,29,32);6-12,25,29H,1-5H3,(H,24,27);3H,2H2,1H3. The van der Waals surface area contributed by atoms with Crippen LogP contribution in [0.2, 0.25) is 0 Å². The summed E-state index contributed by atoms with van der Waals surface area (Å²) in [5.41, 5.74) is 10.7. The Kier molecular flexibility index (Phi) is 16.9. The lowest BCUT2D eigenvalue weighted by molar-refractivity contribution is 0.00578. The molecule has 4 aromatic rings. The summed E-state index contributed by atoms with van der Waals surface area (Å²) in [5.74, 6) is -1.51. The van der Waals surface area contributed by atoms with E-state index in [-0.39, 0.29) is 24.0 Å². The number of aryl methyl sites for hydroxylation is 4. The van der Waals surface area contributed by atoms with Crippen LogP contribution >= 0.6 is 0 Å². The van der Waals surface area contributed by atoms with E-state index in [9.17, 15) is 29.0 Å². The molecule has 0 spiro atoms. The van der Waals surface area contributed by atoms with E-state index in [4.69, 9.17) is 14.4 Å². The first-order valence-corrected chi connectivity index (χ1v) is 22.2. The van der Waals surface area contributed by atoms with Gasteiger partial charge < -0.3 is 24.8 Å². The second-order valence-corrected chi connectivity index (χ2v) is 19.8. The van der Waals surface area contributed by atoms with E-state index < -0.39 is 48.3 Å². The van der Waals surface area contributed by atoms with E-state index in [1.54, 1.807) is 55.6 Å². The number of fused-ring (bicyclic) bond motifs is 1. The number of carbonyl (C=O) groups excluding carboxylic acids is 5. The molecule has 4 aromatic carbocycles. The number of hydrazone groups is 1. The molecule has 2 heterocycles. The molecule has 0 atom stereocenters. The number of aliphatic hydroxyl groups is 1. The average molecular weight is 917 g/mol. The molecule has 17 heteroatoms. The van der Waals surface area contributed by atoms with Crippen molar-refractivity contribution >= 4 is 61.2 Å². The van der Waals surface area contributed by atoms with Crippen LogP contribution in [0.3, 0.4) is 0 Å². The van der Waals surface area contributed by atoms with Gasteiger partial charge in [-0.1, -0.05) is 46.5 Å². The van der Waals surface area contributed by atoms with Gasteiger partial charge >= 0.3 is 14.2 Å². The zero-order chi connectivity index (χ0) is 50.4. The minimum absolute atomic E-state index is 0.245. The Bertz CT molecular complexity index is 2470. The van der Waals surface area contributed by atoms with Gasteiger partial charge in [0.1, 0.15) is 6.29 Å². The minimum atomic E-state index is -0.913. The number of aldehydes is 1. The second kappa shape index (κ2) is 21.2. The lowest BCUT2D eigenvalue weighted by Gasteiger charge is -2.35. The summed E-state index contributed by atoms with van der Waals surface area (Å²) < 4.78 is 12.1. The Morgan fingerprint density at radius 1 is 0.672 bits per heavy atom. The Morgan fingerprint density at radius 2 is 1.06 bits per heavy atom. The fourth-order valence-electron chi connectivity index (χ4n) is 7.16. The lowest BCUT2D eigenvalue weighted by Crippen LogP contribution is -2.56. The molecule has 0 bridgehead atoms. The van der Waals surface area contributed by atoms with Crippen molar-refractivity contribution < 1.29 is 43.4 Å². The van der Waals surface area contributed by atoms with Gasteiger partial charge in [0.25, 0.3) is 23.6 Å². The van der Waals surface area contributed by atoms with Crippen LogP contribution in [0.4, 0.5) is 0 Å². The van der Waals surface area contributed by atoms with Crippen LogP contribution < -0.4 is 27.1 Å². The SMILES string of the molecule is CCO.Cc1cc(C)cc(C(=O)N(NC(=O)c2ccc(B3OC(C)(C)C(C)(C)O3)c(C=O)c2)C(C)(C)C)c1.Cc1cc(C)cc(C(=O)N(NC(=O)c2ccc3c(c2)C=NNB3O)C(C)(C)C)c1. The summed E-state index contributed by atoms with van der Waals surface area (Å²) >= 11 is 0. The number of aliphatic hydroxyl groups excluding tert-OH is 1. The van der Waals surface area contributed by atoms with E-state index in [1.807, 2.05) is 121 Å². The zero-order valence-electron chi connectivity index (χ0n) is 41.5. The molecule has 67 heavy (non-hydrogen) atoms. The van der Waals surface area contributed by atoms with Gasteiger partial charge in [0.05, 0.1) is 28.5 Å². The number of hydrogen-bond donors (Lipinski definition) is 5. The minimum Gasteiger partial charge on any atom is -0.428 e. The Labute approximate surface area is 395 Å². The first kappa shape index (κ1) is 53.5. The monoisotopic (exact) mass is 917 g/mol. The smallest absolute Gasteiger partial charge is 0.428 e. The van der Waals surface area contributed by atoms with E-state index in [2.05, 4.69) is 21.3 Å². The van der Waals surface area contributed by atoms with Gasteiger partial charge in [-0.25, -0.2) is 10.0 Å². The number of hydrogen-bond acceptors (Lipinski definition) is 11. The van der Waals surface area contributed by atoms with E-state index in [0.29, 0.717) is 45.0 Å². The highest BCUT2D eigenvalue weighted by Crippen LogP contribution is 2.36. The Morgan fingerprint density at radius 3 is 1.45 bits per heavy atom. The molecule has 5 N–H and O–H groups in total. The first-order chi connectivity index (χ1) is 31.0. The highest BCUT2D eigenvalue weighted by atomic mass is 16.7. The third-order valence-electron chi connectivity index (χ3n) is 11.1. The molecule has 1 saturated heterocycles. The van der Waals surface area contributed by atoms with Gasteiger partial charge in [-0.15, -0.1) is 0 Å². The normalized spacial score (nSPS) is 14.5. The summed E-state index contributed by atoms with van der Waals surface area (Å²) in [6.07, 6.45) is 2.22. The molecule has 1 fully saturated rings. The highest BCUT2D eigenvalue weighted by molar-refractivity contribution is 6.65. The number of hydrazine groups is 2. The van der Waals surface area contributed by atoms with Gasteiger partial charge in [0.15, 0.2) is 0 Å². The van der Waals surface area contributed by atoms with Gasteiger partial charge in [-0.2, -0.15) is 5.10 Å². The predicted molar refractivity (Wildman–Crippen MR) is 264 cm³/mol. The average Bonchev–Trinajstić information content (AvgIpc) is 3.45. The maximum Gasteiger partial charge on any atom is 0.495 e. The summed E-state index contributed by atoms with van der Waals surface area (Å²) in [4.78, 5) is 64.6. The van der Waals surface area contributed by atoms with E-state index >= 15 is 0 Å². The van der Waals surface area contributed by atoms with Crippen LogP contribution in [0.1, 0.15) is 156 Å². The third-order valence-corrected chi connectivity index (χ3v) is 11.1. The van der Waals surface area contributed by atoms with Crippen molar-refractivity contribution in [1.82, 2.24) is 26.2 Å². The van der Waals surface area contributed by atoms with Crippen molar-refractivity contribution in [2.24, 2.45) is 5.10 Å². The molecule has 0 saturated carbocycles. The van der Waals surface area contributed by atoms with Crippen LogP contribution in [-0.4, -0.2) is 99.3 Å². The van der Waals surface area contributed by atoms with E-state index in [1.165, 1.54) is 16.1 Å². The highest BCUT2D eigenvalue weighted by Gasteiger charge is 2.52. The number of benzene rings is 4. The van der Waals surface area contributed by atoms with Crippen molar-refractivity contribution in [3.63, 3.8) is 0 Å². The third kappa shape index (κ3) is 13.3. The molecule has 4 amide bonds. The maximum absolute atomic E-state index is 13.4. The molecule has 0 aliphatic carbocycles. The fourth-order valence-corrected chi connectivity index (χ4v) is 7.16. The molecular weight excluding hydrogens is 850 g/mol. The lowest BCUT2D eigenvalue weighted by atomic mass is 9.71. The fraction of sp³-hybridized carbons (Fsp3) is 0.400. The molecular formula is C50H66B2N6O9. The molecule has 15 nitrogen and oxygen atoms in total. The first-order valence-electron chi connectivity index (χ1n) is 22.2. The van der Waals surface area contributed by atoms with Crippen LogP contribution in [0.25, 0.3) is 0 Å². The van der Waals surface area contributed by atoms with Crippen molar-refractivity contribution in [2.45, 2.75) is 126 Å². The van der Waals surface area contributed by atoms with Gasteiger partial charge in [0.2, 0.25) is 0 Å². The Hall–Kier alpha value is -6.13. The van der Waals surface area contributed by atoms with Crippen molar-refractivity contribution in [3.05, 3.63) is 128 Å². The molecule has 2 aliphatic heterocycles. The van der Waals surface area contributed by atoms with Gasteiger partial charge in [-0.05, 0) is 169 Å². The number of rotatable bonds is 6. The number of nitrogens with one attached hydrogen (secondary N) is 3. The predicted octanol–water partition coefficient (Wildman–Crippen LogP) is 5.51. The molecule has 356 valence electrons. The van der Waals surface area contributed by atoms with Crippen molar-refractivity contribution in [3.8, 4) is 0 Å². The van der Waals surface area contributed by atoms with E-state index in [0.717, 1.165) is 22.3 Å². The molecule has 6 rings (SSSR count). The van der Waals surface area contributed by atoms with Gasteiger partial charge in [0, 0.05) is 34.4 Å². The van der Waals surface area contributed by atoms with Gasteiger partial charge in [-0.3, -0.25) is 34.8 Å². The van der Waals surface area contributed by atoms with Crippen LogP contribution in [0, 0.1) is 27.7 Å². The zero-order valence-corrected chi connectivity index (χ0v) is 41.5. The molecule has 0 radical (unpaired) electrons. The molecule has 2 aliphatic rings. The largest absolute Gasteiger partial charge is 0.495 e. The maximum atomic E-state index is 13.4. The summed E-state index contributed by atoms with van der Waals surface area (Å²) in [5, 5.41) is 26.6. The van der Waals surface area contributed by atoms with Crippen LogP contribution in [0.15, 0.2) is 77.9 Å². The molecule has 0 aromatic heterocycles. The summed E-state index contributed by atoms with van der Waals surface area (Å²) in [7, 11) is -1.64. The number of amides is 4. The number of nitrogens with zero attached hydrogens (tertiary/aromatic N) is 3. The van der Waals surface area contributed by atoms with Crippen molar-refractivity contribution in [2.75, 3.05) is 6.61 Å². The van der Waals surface area contributed by atoms with Crippen molar-refractivity contribution in [1.29, 1.82) is 0 Å². The number of carbonyl (C=O) groups is 5. The second-order valence-electron chi connectivity index (χ2n) is 19.8. The summed E-state index contributed by atoms with van der Waals surface area (Å²) in [6.45, 7) is 28.5. The quantitative estimate of drug-likeness (QED) is 0.0934. The Balaban J connectivity index is 0.000000280. The van der Waals surface area contributed by atoms with Crippen LogP contribution in [-0.2, 0) is 9.31 Å².